The van der Waals surface area contributed by atoms with Gasteiger partial charge in [-0.3, -0.25) is 4.79 Å². The van der Waals surface area contributed by atoms with Crippen LogP contribution in [0.4, 0.5) is 5.69 Å². The molecule has 0 aliphatic heterocycles. The molecule has 0 bridgehead atoms. The molecule has 0 unspecified atom stereocenters. The number of aryl methyl sites for hydroxylation is 3. The van der Waals surface area contributed by atoms with Crippen LogP contribution in [-0.4, -0.2) is 26.0 Å². The van der Waals surface area contributed by atoms with Crippen molar-refractivity contribution in [2.45, 2.75) is 76.1 Å². The fraction of sp³-hybridized carbons (Fsp3) is 0.571. The van der Waals surface area contributed by atoms with Gasteiger partial charge in [-0.1, -0.05) is 56.0 Å². The van der Waals surface area contributed by atoms with Crippen LogP contribution in [0.1, 0.15) is 62.4 Å². The second-order valence-corrected chi connectivity index (χ2v) is 9.19. The fourth-order valence-corrected chi connectivity index (χ4v) is 4.47. The monoisotopic (exact) mass is 401 g/mol. The maximum Gasteiger partial charge on any atom is 0.237 e. The fourth-order valence-electron chi connectivity index (χ4n) is 3.68. The maximum absolute atomic E-state index is 12.6. The molecule has 0 radical (unpaired) electrons. The molecule has 1 aromatic carbocycles. The van der Waals surface area contributed by atoms with E-state index in [2.05, 4.69) is 15.5 Å². The first-order chi connectivity index (χ1) is 13.4. The number of nitrogens with one attached hydrogen (secondary N) is 1. The van der Waals surface area contributed by atoms with Crippen molar-refractivity contribution in [2.75, 3.05) is 11.2 Å². The number of aromatic nitrogens is 3. The number of amides is 1. The van der Waals surface area contributed by atoms with E-state index in [0.29, 0.717) is 5.16 Å². The van der Waals surface area contributed by atoms with Crippen molar-refractivity contribution in [1.29, 1.82) is 0 Å². The highest BCUT2D eigenvalue weighted by molar-refractivity contribution is 8.00. The third-order valence-corrected chi connectivity index (χ3v) is 6.60. The van der Waals surface area contributed by atoms with Crippen molar-refractivity contribution in [1.82, 2.24) is 14.9 Å². The van der Waals surface area contributed by atoms with Gasteiger partial charge in [0.05, 0.1) is 5.25 Å². The molecule has 0 spiro atoms. The van der Waals surface area contributed by atoms with Crippen molar-refractivity contribution in [3.8, 4) is 0 Å². The van der Waals surface area contributed by atoms with Crippen LogP contribution >= 0.6 is 11.8 Å². The van der Waals surface area contributed by atoms with Crippen LogP contribution in [0.3, 0.4) is 0 Å². The van der Waals surface area contributed by atoms with Gasteiger partial charge in [0, 0.05) is 12.1 Å². The van der Waals surface area contributed by atoms with E-state index in [-0.39, 0.29) is 11.2 Å². The van der Waals surface area contributed by atoms with Gasteiger partial charge in [0.1, 0.15) is 0 Å². The molecule has 1 fully saturated rings. The van der Waals surface area contributed by atoms with Crippen LogP contribution in [0.25, 0.3) is 0 Å². The summed E-state index contributed by atoms with van der Waals surface area (Å²) in [6, 6.07) is 6.03. The number of thioether (sulfide) groups is 1. The summed E-state index contributed by atoms with van der Waals surface area (Å²) in [5.74, 6) is 7.72. The van der Waals surface area contributed by atoms with Gasteiger partial charge in [-0.15, -0.1) is 10.2 Å². The molecule has 6 nitrogen and oxygen atoms in total. The molecule has 3 N–H and O–H groups in total. The molecular weight excluding hydrogens is 370 g/mol. The Hall–Kier alpha value is -2.02. The van der Waals surface area contributed by atoms with Gasteiger partial charge in [-0.2, -0.15) is 0 Å². The van der Waals surface area contributed by atoms with Crippen LogP contribution < -0.4 is 11.2 Å². The van der Waals surface area contributed by atoms with Crippen LogP contribution in [0.5, 0.6) is 0 Å². The highest BCUT2D eigenvalue weighted by Gasteiger charge is 2.21. The average Bonchev–Trinajstić information content (AvgIpc) is 3.03. The van der Waals surface area contributed by atoms with Crippen molar-refractivity contribution < 1.29 is 4.79 Å². The topological polar surface area (TPSA) is 85.8 Å². The highest BCUT2D eigenvalue weighted by atomic mass is 32.2. The number of carbonyl (C=O) groups excluding carboxylic acids is 1. The number of hydrogen-bond acceptors (Lipinski definition) is 5. The third-order valence-electron chi connectivity index (χ3n) is 5.54. The van der Waals surface area contributed by atoms with E-state index >= 15 is 0 Å². The Bertz CT molecular complexity index is 813. The molecule has 28 heavy (non-hydrogen) atoms. The lowest BCUT2D eigenvalue weighted by molar-refractivity contribution is -0.115. The Morgan fingerprint density at radius 1 is 1.29 bits per heavy atom. The molecule has 1 heterocycles. The molecule has 3 rings (SSSR count). The summed E-state index contributed by atoms with van der Waals surface area (Å²) in [5, 5.41) is 11.7. The summed E-state index contributed by atoms with van der Waals surface area (Å²) in [6.07, 6.45) is 8.64. The molecule has 0 saturated heterocycles. The summed E-state index contributed by atoms with van der Waals surface area (Å²) in [5.41, 5.74) is 3.01. The third kappa shape index (κ3) is 5.28. The van der Waals surface area contributed by atoms with Gasteiger partial charge in [0.2, 0.25) is 11.1 Å². The number of nitrogens with two attached hydrogens (primary N) is 1. The molecule has 152 valence electrons. The van der Waals surface area contributed by atoms with E-state index in [9.17, 15) is 4.79 Å². The number of carbonyl (C=O) groups is 1. The Balaban J connectivity index is 1.56. The minimum atomic E-state index is -0.322. The van der Waals surface area contributed by atoms with Gasteiger partial charge in [0.25, 0.3) is 0 Å². The van der Waals surface area contributed by atoms with Gasteiger partial charge in [-0.25, -0.2) is 4.68 Å². The van der Waals surface area contributed by atoms with Crippen molar-refractivity contribution in [2.24, 2.45) is 5.92 Å². The zero-order chi connectivity index (χ0) is 20.1. The van der Waals surface area contributed by atoms with Crippen LogP contribution in [0, 0.1) is 19.8 Å². The van der Waals surface area contributed by atoms with Crippen molar-refractivity contribution in [3.63, 3.8) is 0 Å². The van der Waals surface area contributed by atoms with Crippen LogP contribution in [0.2, 0.25) is 0 Å². The van der Waals surface area contributed by atoms with E-state index < -0.39 is 0 Å². The lowest BCUT2D eigenvalue weighted by Crippen LogP contribution is -2.24. The first-order valence-corrected chi connectivity index (χ1v) is 11.1. The number of nitrogen functional groups attached to an aromatic ring is 1. The molecule has 1 amide bonds. The standard InChI is InChI=1S/C21H31N5OS/c1-14-9-10-15(2)18(13-14)23-20(27)16(3)28-21-25-24-19(26(21)22)12-11-17-7-5-4-6-8-17/h9-10,13,16-17H,4-8,11-12,22H2,1-3H3,(H,23,27)/t16-/m0/s1. The molecule has 1 atom stereocenters. The van der Waals surface area contributed by atoms with E-state index in [1.807, 2.05) is 39.0 Å². The first-order valence-electron chi connectivity index (χ1n) is 10.2. The molecular formula is C21H31N5OS. The smallest absolute Gasteiger partial charge is 0.237 e. The zero-order valence-corrected chi connectivity index (χ0v) is 17.9. The molecule has 1 saturated carbocycles. The molecule has 1 aliphatic rings. The lowest BCUT2D eigenvalue weighted by Gasteiger charge is -2.20. The lowest BCUT2D eigenvalue weighted by atomic mass is 9.86. The summed E-state index contributed by atoms with van der Waals surface area (Å²) >= 11 is 1.34. The van der Waals surface area contributed by atoms with Crippen molar-refractivity contribution in [3.05, 3.63) is 35.2 Å². The number of anilines is 1. The number of nitrogens with zero attached hydrogens (tertiary/aromatic N) is 3. The largest absolute Gasteiger partial charge is 0.336 e. The van der Waals surface area contributed by atoms with Gasteiger partial charge < -0.3 is 11.2 Å². The number of benzene rings is 1. The average molecular weight is 402 g/mol. The van der Waals surface area contributed by atoms with Crippen LogP contribution in [-0.2, 0) is 11.2 Å². The Morgan fingerprint density at radius 2 is 2.04 bits per heavy atom. The number of hydrogen-bond donors (Lipinski definition) is 2. The van der Waals surface area contributed by atoms with Gasteiger partial charge in [-0.05, 0) is 50.3 Å². The minimum absolute atomic E-state index is 0.0644. The van der Waals surface area contributed by atoms with Gasteiger partial charge in [0.15, 0.2) is 5.82 Å². The van der Waals surface area contributed by atoms with E-state index in [1.165, 1.54) is 43.9 Å². The zero-order valence-electron chi connectivity index (χ0n) is 17.1. The Kier molecular flexibility index (Phi) is 6.99. The summed E-state index contributed by atoms with van der Waals surface area (Å²) < 4.78 is 1.55. The summed E-state index contributed by atoms with van der Waals surface area (Å²) in [7, 11) is 0. The first kappa shape index (κ1) is 20.7. The highest BCUT2D eigenvalue weighted by Crippen LogP contribution is 2.28. The number of rotatable bonds is 7. The van der Waals surface area contributed by atoms with E-state index in [0.717, 1.165) is 41.4 Å². The quantitative estimate of drug-likeness (QED) is 0.535. The molecule has 2 aromatic rings. The van der Waals surface area contributed by atoms with Crippen LogP contribution in [0.15, 0.2) is 23.4 Å². The molecule has 1 aromatic heterocycles. The van der Waals surface area contributed by atoms with E-state index in [1.54, 1.807) is 4.68 Å². The second-order valence-electron chi connectivity index (χ2n) is 7.88. The summed E-state index contributed by atoms with van der Waals surface area (Å²) in [4.78, 5) is 12.6. The van der Waals surface area contributed by atoms with Gasteiger partial charge >= 0.3 is 0 Å². The van der Waals surface area contributed by atoms with Crippen molar-refractivity contribution >= 4 is 23.4 Å². The predicted octanol–water partition coefficient (Wildman–Crippen LogP) is 4.24. The summed E-state index contributed by atoms with van der Waals surface area (Å²) in [6.45, 7) is 5.86. The maximum atomic E-state index is 12.6. The predicted molar refractivity (Wildman–Crippen MR) is 115 cm³/mol. The Labute approximate surface area is 171 Å². The molecule has 7 heteroatoms. The minimum Gasteiger partial charge on any atom is -0.336 e. The SMILES string of the molecule is Cc1ccc(C)c(NC(=O)[C@H](C)Sc2nnc(CCC3CCCCC3)n2N)c1. The normalized spacial score (nSPS) is 16.1. The Morgan fingerprint density at radius 3 is 2.79 bits per heavy atom. The molecule has 1 aliphatic carbocycles. The second kappa shape index (κ2) is 9.45. The van der Waals surface area contributed by atoms with E-state index in [4.69, 9.17) is 5.84 Å².